The third kappa shape index (κ3) is 3.65. The maximum atomic E-state index is 12.2. The summed E-state index contributed by atoms with van der Waals surface area (Å²) in [7, 11) is 1.57. The normalized spacial score (nSPS) is 11.1. The first kappa shape index (κ1) is 20.2. The summed E-state index contributed by atoms with van der Waals surface area (Å²) in [6, 6.07) is 7.16. The zero-order chi connectivity index (χ0) is 22.9. The van der Waals surface area contributed by atoms with Crippen LogP contribution >= 0.6 is 0 Å². The zero-order valence-corrected chi connectivity index (χ0v) is 17.8. The Morgan fingerprint density at radius 1 is 1.03 bits per heavy atom. The van der Waals surface area contributed by atoms with Gasteiger partial charge in [0.15, 0.2) is 17.1 Å². The molecule has 0 aromatic carbocycles. The number of nitrogens with zero attached hydrogens (tertiary/aromatic N) is 5. The van der Waals surface area contributed by atoms with Crippen LogP contribution in [-0.4, -0.2) is 54.0 Å². The molecular weight excluding hydrogens is 422 g/mol. The lowest BCUT2D eigenvalue weighted by molar-refractivity contribution is -0.115. The smallest absolute Gasteiger partial charge is 0.253 e. The number of nitrogens with one attached hydrogen (secondary N) is 4. The largest absolute Gasteiger partial charge is 0.355 e. The molecule has 0 unspecified atom stereocenters. The van der Waals surface area contributed by atoms with Crippen LogP contribution in [0.15, 0.2) is 42.9 Å². The van der Waals surface area contributed by atoms with Gasteiger partial charge in [0, 0.05) is 43.2 Å². The van der Waals surface area contributed by atoms with E-state index in [0.717, 1.165) is 16.5 Å². The lowest BCUT2D eigenvalue weighted by Gasteiger charge is -2.05. The number of H-pyrrole nitrogens is 2. The van der Waals surface area contributed by atoms with Gasteiger partial charge in [-0.2, -0.15) is 5.10 Å². The third-order valence-electron chi connectivity index (χ3n) is 5.18. The highest BCUT2D eigenvalue weighted by Gasteiger charge is 2.18. The first-order valence-electron chi connectivity index (χ1n) is 10.2. The van der Waals surface area contributed by atoms with Crippen molar-refractivity contribution in [3.63, 3.8) is 0 Å². The second-order valence-electron chi connectivity index (χ2n) is 7.25. The van der Waals surface area contributed by atoms with Crippen molar-refractivity contribution in [1.29, 1.82) is 0 Å². The molecule has 0 aliphatic rings. The summed E-state index contributed by atoms with van der Waals surface area (Å²) in [6.07, 6.45) is 5.33. The summed E-state index contributed by atoms with van der Waals surface area (Å²) in [5.41, 5.74) is 4.17. The Morgan fingerprint density at radius 2 is 1.88 bits per heavy atom. The molecule has 164 valence electrons. The monoisotopic (exact) mass is 441 g/mol. The van der Waals surface area contributed by atoms with Crippen molar-refractivity contribution in [1.82, 2.24) is 40.4 Å². The molecule has 4 N–H and O–H groups in total. The second-order valence-corrected chi connectivity index (χ2v) is 7.25. The molecule has 5 aromatic rings. The summed E-state index contributed by atoms with van der Waals surface area (Å²) in [5.74, 6) is 0.615. The Balaban J connectivity index is 1.54. The van der Waals surface area contributed by atoms with Gasteiger partial charge in [0.1, 0.15) is 17.0 Å². The number of aromatic nitrogens is 7. The number of fused-ring (bicyclic) bond motifs is 2. The van der Waals surface area contributed by atoms with Gasteiger partial charge in [-0.15, -0.1) is 0 Å². The first-order valence-corrected chi connectivity index (χ1v) is 10.2. The minimum atomic E-state index is -0.248. The van der Waals surface area contributed by atoms with E-state index in [1.165, 1.54) is 0 Å². The van der Waals surface area contributed by atoms with E-state index >= 15 is 0 Å². The molecule has 0 atom stereocenters. The Labute approximate surface area is 187 Å². The third-order valence-corrected chi connectivity index (χ3v) is 5.18. The van der Waals surface area contributed by atoms with E-state index in [9.17, 15) is 9.59 Å². The average Bonchev–Trinajstić information content (AvgIpc) is 3.47. The first-order chi connectivity index (χ1) is 16.1. The summed E-state index contributed by atoms with van der Waals surface area (Å²) >= 11 is 0. The molecule has 0 fully saturated rings. The maximum Gasteiger partial charge on any atom is 0.253 e. The minimum absolute atomic E-state index is 0.0960. The number of anilines is 1. The molecule has 33 heavy (non-hydrogen) atoms. The molecule has 0 aliphatic carbocycles. The van der Waals surface area contributed by atoms with Crippen LogP contribution in [0.2, 0.25) is 0 Å². The molecular formula is C22H19N9O2. The lowest BCUT2D eigenvalue weighted by atomic mass is 10.1. The lowest BCUT2D eigenvalue weighted by Crippen LogP contribution is -2.18. The Bertz CT molecular complexity index is 1500. The summed E-state index contributed by atoms with van der Waals surface area (Å²) in [4.78, 5) is 44.5. The summed E-state index contributed by atoms with van der Waals surface area (Å²) in [5, 5.41) is 13.4. The van der Waals surface area contributed by atoms with Crippen LogP contribution in [0.4, 0.5) is 5.82 Å². The van der Waals surface area contributed by atoms with Crippen LogP contribution in [0.25, 0.3) is 44.8 Å². The zero-order valence-electron chi connectivity index (χ0n) is 17.8. The fraction of sp³-hybridized carbons (Fsp3) is 0.136. The molecule has 2 amide bonds. The standard InChI is InChI=1S/C22H19N9O2/c1-3-16(32)27-15-5-4-11(9-25-15)12-8-14-18(30-31-19(14)26-10-12)21-28-17-13(22(33)23-2)6-7-24-20(17)29-21/h4-10H,3H2,1-2H3,(H,23,33)(H,24,28,29)(H,25,27,32)(H,26,30,31). The average molecular weight is 441 g/mol. The van der Waals surface area contributed by atoms with E-state index in [0.29, 0.717) is 46.1 Å². The van der Waals surface area contributed by atoms with Gasteiger partial charge in [-0.05, 0) is 24.3 Å². The van der Waals surface area contributed by atoms with Crippen molar-refractivity contribution >= 4 is 39.8 Å². The minimum Gasteiger partial charge on any atom is -0.355 e. The molecule has 5 aromatic heterocycles. The van der Waals surface area contributed by atoms with Crippen molar-refractivity contribution in [3.05, 3.63) is 48.4 Å². The number of pyridine rings is 3. The number of carbonyl (C=O) groups excluding carboxylic acids is 2. The molecule has 0 spiro atoms. The van der Waals surface area contributed by atoms with Crippen LogP contribution in [0, 0.1) is 0 Å². The van der Waals surface area contributed by atoms with E-state index in [4.69, 9.17) is 0 Å². The highest BCUT2D eigenvalue weighted by atomic mass is 16.2. The highest BCUT2D eigenvalue weighted by molar-refractivity contribution is 6.04. The van der Waals surface area contributed by atoms with Gasteiger partial charge in [0.2, 0.25) is 5.91 Å². The van der Waals surface area contributed by atoms with Crippen molar-refractivity contribution in [3.8, 4) is 22.6 Å². The van der Waals surface area contributed by atoms with Crippen molar-refractivity contribution in [2.75, 3.05) is 12.4 Å². The van der Waals surface area contributed by atoms with Crippen LogP contribution in [-0.2, 0) is 4.79 Å². The maximum absolute atomic E-state index is 12.2. The molecule has 5 heterocycles. The van der Waals surface area contributed by atoms with E-state index in [1.807, 2.05) is 12.1 Å². The van der Waals surface area contributed by atoms with Crippen LogP contribution in [0.1, 0.15) is 23.7 Å². The van der Waals surface area contributed by atoms with Gasteiger partial charge >= 0.3 is 0 Å². The molecule has 0 saturated carbocycles. The van der Waals surface area contributed by atoms with Crippen LogP contribution in [0.5, 0.6) is 0 Å². The highest BCUT2D eigenvalue weighted by Crippen LogP contribution is 2.29. The van der Waals surface area contributed by atoms with Crippen LogP contribution < -0.4 is 10.6 Å². The quantitative estimate of drug-likeness (QED) is 0.327. The van der Waals surface area contributed by atoms with E-state index < -0.39 is 0 Å². The number of rotatable bonds is 5. The van der Waals surface area contributed by atoms with E-state index in [2.05, 4.69) is 45.8 Å². The SMILES string of the molecule is CCC(=O)Nc1ccc(-c2cnc3[nH]nc(-c4nc5c(C(=O)NC)ccnc5[nH]4)c3c2)cn1. The number of amides is 2. The van der Waals surface area contributed by atoms with Gasteiger partial charge in [0.05, 0.1) is 10.9 Å². The number of carbonyl (C=O) groups is 2. The molecule has 0 saturated heterocycles. The Hall–Kier alpha value is -4.67. The van der Waals surface area contributed by atoms with Crippen molar-refractivity contribution < 1.29 is 9.59 Å². The molecule has 0 bridgehead atoms. The number of hydrogen-bond acceptors (Lipinski definition) is 7. The molecule has 0 radical (unpaired) electrons. The second kappa shape index (κ2) is 8.11. The van der Waals surface area contributed by atoms with Crippen molar-refractivity contribution in [2.24, 2.45) is 0 Å². The summed E-state index contributed by atoms with van der Waals surface area (Å²) in [6.45, 7) is 1.78. The van der Waals surface area contributed by atoms with E-state index in [1.54, 1.807) is 44.7 Å². The predicted octanol–water partition coefficient (Wildman–Crippen LogP) is 2.67. The fourth-order valence-corrected chi connectivity index (χ4v) is 3.45. The predicted molar refractivity (Wildman–Crippen MR) is 122 cm³/mol. The summed E-state index contributed by atoms with van der Waals surface area (Å²) < 4.78 is 0. The fourth-order valence-electron chi connectivity index (χ4n) is 3.45. The van der Waals surface area contributed by atoms with Gasteiger partial charge in [-0.25, -0.2) is 19.9 Å². The Morgan fingerprint density at radius 3 is 2.64 bits per heavy atom. The Kier molecular flexibility index (Phi) is 4.98. The molecule has 11 nitrogen and oxygen atoms in total. The number of aromatic amines is 2. The molecule has 5 rings (SSSR count). The number of imidazole rings is 1. The van der Waals surface area contributed by atoms with Gasteiger partial charge < -0.3 is 15.6 Å². The van der Waals surface area contributed by atoms with Crippen molar-refractivity contribution in [2.45, 2.75) is 13.3 Å². The molecule has 0 aliphatic heterocycles. The van der Waals surface area contributed by atoms with Gasteiger partial charge in [-0.1, -0.05) is 6.92 Å². The van der Waals surface area contributed by atoms with Crippen LogP contribution in [0.3, 0.4) is 0 Å². The van der Waals surface area contributed by atoms with E-state index in [-0.39, 0.29) is 11.8 Å². The van der Waals surface area contributed by atoms with Gasteiger partial charge in [0.25, 0.3) is 5.91 Å². The van der Waals surface area contributed by atoms with Gasteiger partial charge in [-0.3, -0.25) is 14.7 Å². The topological polar surface area (TPSA) is 154 Å². The molecule has 11 heteroatoms. The number of hydrogen-bond donors (Lipinski definition) is 4.